The van der Waals surface area contributed by atoms with Crippen molar-refractivity contribution < 1.29 is 4.79 Å². The predicted octanol–water partition coefficient (Wildman–Crippen LogP) is 7.42. The molecule has 1 N–H and O–H groups in total. The molecule has 5 heteroatoms. The molecule has 1 amide bonds. The molecule has 0 saturated carbocycles. The minimum atomic E-state index is 0.0811. The number of amides is 1. The summed E-state index contributed by atoms with van der Waals surface area (Å²) < 4.78 is 0. The van der Waals surface area contributed by atoms with Gasteiger partial charge in [0.25, 0.3) is 0 Å². The molecular weight excluding hydrogens is 463 g/mol. The van der Waals surface area contributed by atoms with Gasteiger partial charge in [0, 0.05) is 42.1 Å². The van der Waals surface area contributed by atoms with Gasteiger partial charge in [-0.1, -0.05) is 89.9 Å². The second kappa shape index (κ2) is 11.5. The van der Waals surface area contributed by atoms with Crippen molar-refractivity contribution in [2.75, 3.05) is 6.54 Å². The third-order valence-corrected chi connectivity index (χ3v) is 6.43. The molecule has 4 aromatic carbocycles. The number of hydrogen-bond donors (Lipinski definition) is 1. The summed E-state index contributed by atoms with van der Waals surface area (Å²) in [6.45, 7) is 3.71. The Morgan fingerprint density at radius 3 is 2.06 bits per heavy atom. The minimum Gasteiger partial charge on any atom is -0.334 e. The molecule has 0 saturated heterocycles. The average Bonchev–Trinajstić information content (AvgIpc) is 2.83. The zero-order valence-electron chi connectivity index (χ0n) is 19.2. The summed E-state index contributed by atoms with van der Waals surface area (Å²) in [5.41, 5.74) is 3.24. The van der Waals surface area contributed by atoms with E-state index in [1.807, 2.05) is 53.4 Å². The van der Waals surface area contributed by atoms with Crippen LogP contribution in [0.5, 0.6) is 0 Å². The SMILES string of the molecule is C[C@@H](NCCC(=O)N(Cc1cccc(Cl)c1)Cc1cccc(Cl)c1)c1cccc2ccccc12. The molecule has 0 aromatic heterocycles. The van der Waals surface area contributed by atoms with Crippen LogP contribution >= 0.6 is 23.2 Å². The van der Waals surface area contributed by atoms with Crippen molar-refractivity contribution in [3.63, 3.8) is 0 Å². The second-order valence-electron chi connectivity index (χ2n) is 8.50. The molecule has 0 aliphatic heterocycles. The van der Waals surface area contributed by atoms with E-state index < -0.39 is 0 Å². The second-order valence-corrected chi connectivity index (χ2v) is 9.38. The molecule has 1 atom stereocenters. The van der Waals surface area contributed by atoms with E-state index in [0.29, 0.717) is 36.1 Å². The Morgan fingerprint density at radius 1 is 0.824 bits per heavy atom. The maximum atomic E-state index is 13.3. The van der Waals surface area contributed by atoms with E-state index >= 15 is 0 Å². The Balaban J connectivity index is 1.43. The van der Waals surface area contributed by atoms with Crippen LogP contribution in [-0.4, -0.2) is 17.4 Å². The van der Waals surface area contributed by atoms with Crippen molar-refractivity contribution in [1.29, 1.82) is 0 Å². The Hall–Kier alpha value is -2.85. The van der Waals surface area contributed by atoms with Gasteiger partial charge in [0.05, 0.1) is 0 Å². The molecule has 0 spiro atoms. The number of halogens is 2. The number of rotatable bonds is 9. The first-order valence-electron chi connectivity index (χ1n) is 11.5. The number of nitrogens with zero attached hydrogens (tertiary/aromatic N) is 1. The van der Waals surface area contributed by atoms with Gasteiger partial charge in [-0.25, -0.2) is 0 Å². The molecule has 0 aliphatic carbocycles. The van der Waals surface area contributed by atoms with E-state index in [1.54, 1.807) is 0 Å². The van der Waals surface area contributed by atoms with Crippen molar-refractivity contribution in [3.05, 3.63) is 118 Å². The molecule has 0 fully saturated rings. The molecule has 0 radical (unpaired) electrons. The van der Waals surface area contributed by atoms with Crippen LogP contribution in [0.1, 0.15) is 36.1 Å². The fraction of sp³-hybridized carbons (Fsp3) is 0.207. The quantitative estimate of drug-likeness (QED) is 0.264. The average molecular weight is 491 g/mol. The predicted molar refractivity (Wildman–Crippen MR) is 142 cm³/mol. The van der Waals surface area contributed by atoms with Gasteiger partial charge in [-0.05, 0) is 58.7 Å². The third kappa shape index (κ3) is 6.38. The molecule has 0 bridgehead atoms. The number of carbonyl (C=O) groups is 1. The zero-order chi connectivity index (χ0) is 23.9. The highest BCUT2D eigenvalue weighted by atomic mass is 35.5. The van der Waals surface area contributed by atoms with E-state index in [9.17, 15) is 4.79 Å². The van der Waals surface area contributed by atoms with E-state index in [4.69, 9.17) is 23.2 Å². The van der Waals surface area contributed by atoms with E-state index in [1.165, 1.54) is 16.3 Å². The molecule has 34 heavy (non-hydrogen) atoms. The fourth-order valence-corrected chi connectivity index (χ4v) is 4.66. The van der Waals surface area contributed by atoms with E-state index in [0.717, 1.165) is 11.1 Å². The van der Waals surface area contributed by atoms with Crippen LogP contribution in [0.2, 0.25) is 10.0 Å². The van der Waals surface area contributed by atoms with Crippen molar-refractivity contribution >= 4 is 39.9 Å². The van der Waals surface area contributed by atoms with Crippen molar-refractivity contribution in [3.8, 4) is 0 Å². The monoisotopic (exact) mass is 490 g/mol. The van der Waals surface area contributed by atoms with Gasteiger partial charge in [-0.2, -0.15) is 0 Å². The highest BCUT2D eigenvalue weighted by Crippen LogP contribution is 2.24. The van der Waals surface area contributed by atoms with Gasteiger partial charge in [0.2, 0.25) is 5.91 Å². The zero-order valence-corrected chi connectivity index (χ0v) is 20.7. The van der Waals surface area contributed by atoms with Crippen molar-refractivity contribution in [2.45, 2.75) is 32.5 Å². The van der Waals surface area contributed by atoms with E-state index in [-0.39, 0.29) is 11.9 Å². The number of fused-ring (bicyclic) bond motifs is 1. The molecule has 3 nitrogen and oxygen atoms in total. The summed E-state index contributed by atoms with van der Waals surface area (Å²) in [6, 6.07) is 30.2. The number of hydrogen-bond acceptors (Lipinski definition) is 2. The first-order valence-corrected chi connectivity index (χ1v) is 12.2. The van der Waals surface area contributed by atoms with Gasteiger partial charge >= 0.3 is 0 Å². The highest BCUT2D eigenvalue weighted by Gasteiger charge is 2.16. The lowest BCUT2D eigenvalue weighted by atomic mass is 9.99. The Labute approximate surface area is 211 Å². The van der Waals surface area contributed by atoms with Crippen LogP contribution in [0, 0.1) is 0 Å². The summed E-state index contributed by atoms with van der Waals surface area (Å²) >= 11 is 12.4. The van der Waals surface area contributed by atoms with Crippen LogP contribution in [0.4, 0.5) is 0 Å². The molecule has 174 valence electrons. The van der Waals surface area contributed by atoms with Gasteiger partial charge in [0.1, 0.15) is 0 Å². The summed E-state index contributed by atoms with van der Waals surface area (Å²) in [6.07, 6.45) is 0.399. The lowest BCUT2D eigenvalue weighted by Crippen LogP contribution is -2.33. The van der Waals surface area contributed by atoms with Crippen LogP contribution in [0.15, 0.2) is 91.0 Å². The maximum Gasteiger partial charge on any atom is 0.224 e. The largest absolute Gasteiger partial charge is 0.334 e. The number of carbonyl (C=O) groups excluding carboxylic acids is 1. The third-order valence-electron chi connectivity index (χ3n) is 5.96. The topological polar surface area (TPSA) is 32.3 Å². The lowest BCUT2D eigenvalue weighted by molar-refractivity contribution is -0.132. The first kappa shape index (κ1) is 24.3. The van der Waals surface area contributed by atoms with E-state index in [2.05, 4.69) is 54.7 Å². The Morgan fingerprint density at radius 2 is 1.41 bits per heavy atom. The van der Waals surface area contributed by atoms with Crippen molar-refractivity contribution in [1.82, 2.24) is 10.2 Å². The Kier molecular flexibility index (Phi) is 8.23. The smallest absolute Gasteiger partial charge is 0.224 e. The maximum absolute atomic E-state index is 13.3. The molecule has 0 aliphatic rings. The lowest BCUT2D eigenvalue weighted by Gasteiger charge is -2.24. The molecule has 4 aromatic rings. The normalized spacial score (nSPS) is 12.0. The molecule has 4 rings (SSSR count). The van der Waals surface area contributed by atoms with Gasteiger partial charge in [-0.15, -0.1) is 0 Å². The van der Waals surface area contributed by atoms with Gasteiger partial charge in [0.15, 0.2) is 0 Å². The van der Waals surface area contributed by atoms with Gasteiger partial charge < -0.3 is 10.2 Å². The fourth-order valence-electron chi connectivity index (χ4n) is 4.24. The summed E-state index contributed by atoms with van der Waals surface area (Å²) in [5.74, 6) is 0.0811. The number of benzene rings is 4. The minimum absolute atomic E-state index is 0.0811. The van der Waals surface area contributed by atoms with Crippen LogP contribution in [0.3, 0.4) is 0 Å². The van der Waals surface area contributed by atoms with Crippen molar-refractivity contribution in [2.24, 2.45) is 0 Å². The summed E-state index contributed by atoms with van der Waals surface area (Å²) in [5, 5.41) is 7.32. The molecule has 0 heterocycles. The summed E-state index contributed by atoms with van der Waals surface area (Å²) in [7, 11) is 0. The van der Waals surface area contributed by atoms with Crippen LogP contribution in [0.25, 0.3) is 10.8 Å². The first-order chi connectivity index (χ1) is 16.5. The van der Waals surface area contributed by atoms with Gasteiger partial charge in [-0.3, -0.25) is 4.79 Å². The highest BCUT2D eigenvalue weighted by molar-refractivity contribution is 6.30. The van der Waals surface area contributed by atoms with Crippen LogP contribution in [-0.2, 0) is 17.9 Å². The number of nitrogens with one attached hydrogen (secondary N) is 1. The summed E-state index contributed by atoms with van der Waals surface area (Å²) in [4.78, 5) is 15.1. The Bertz CT molecular complexity index is 1220. The van der Waals surface area contributed by atoms with Crippen LogP contribution < -0.4 is 5.32 Å². The standard InChI is InChI=1S/C29H28Cl2N2O/c1-21(27-14-6-10-24-9-2-3-13-28(24)27)32-16-15-29(34)33(19-22-7-4-11-25(30)17-22)20-23-8-5-12-26(31)18-23/h2-14,17-18,21,32H,15-16,19-20H2,1H3/t21-/m1/s1. The molecule has 0 unspecified atom stereocenters. The molecular formula is C29H28Cl2N2O.